The zero-order chi connectivity index (χ0) is 10.2. The first-order chi connectivity index (χ1) is 6.86. The van der Waals surface area contributed by atoms with Crippen LogP contribution in [0.5, 0.6) is 5.75 Å². The fraction of sp³-hybridized carbons (Fsp3) is 0.300. The maximum atomic E-state index is 5.40. The topological polar surface area (TPSA) is 48.1 Å². The van der Waals surface area contributed by atoms with E-state index in [1.807, 2.05) is 12.1 Å². The summed E-state index contributed by atoms with van der Waals surface area (Å²) in [5.74, 6) is 0.737. The van der Waals surface area contributed by atoms with Crippen molar-refractivity contribution >= 4 is 11.6 Å². The number of ether oxygens (including phenoxy) is 1. The average Bonchev–Trinajstić information content (AvgIpc) is 2.21. The normalized spacial score (nSPS) is 10.7. The average molecular weight is 213 g/mol. The van der Waals surface area contributed by atoms with E-state index in [1.165, 1.54) is 5.54 Å². The second-order valence-electron chi connectivity index (χ2n) is 2.70. The molecule has 0 unspecified atom stereocenters. The first-order valence-electron chi connectivity index (χ1n) is 4.40. The van der Waals surface area contributed by atoms with Gasteiger partial charge in [0.05, 0.1) is 6.20 Å². The van der Waals surface area contributed by atoms with Crippen LogP contribution in [0, 0.1) is 0 Å². The molecule has 76 valence electrons. The van der Waals surface area contributed by atoms with Crippen LogP contribution in [0.15, 0.2) is 29.9 Å². The molecule has 1 aromatic rings. The summed E-state index contributed by atoms with van der Waals surface area (Å²) in [6, 6.07) is 3.78. The molecule has 0 aliphatic rings. The van der Waals surface area contributed by atoms with Crippen molar-refractivity contribution in [3.8, 4) is 5.75 Å². The van der Waals surface area contributed by atoms with Gasteiger partial charge in [0.2, 0.25) is 0 Å². The van der Waals surface area contributed by atoms with Gasteiger partial charge in [-0.25, -0.2) is 0 Å². The van der Waals surface area contributed by atoms with Crippen LogP contribution in [0.1, 0.15) is 5.69 Å². The van der Waals surface area contributed by atoms with Gasteiger partial charge in [-0.05, 0) is 24.8 Å². The maximum absolute atomic E-state index is 5.40. The Morgan fingerprint density at radius 1 is 1.50 bits per heavy atom. The predicted molar refractivity (Wildman–Crippen MR) is 57.5 cm³/mol. The molecule has 0 amide bonds. The number of aromatic nitrogens is 1. The number of hydrogen-bond acceptors (Lipinski definition) is 3. The Balaban J connectivity index is 2.46. The molecule has 0 saturated heterocycles. The summed E-state index contributed by atoms with van der Waals surface area (Å²) in [5, 5.41) is 0. The van der Waals surface area contributed by atoms with Gasteiger partial charge in [-0.2, -0.15) is 0 Å². The van der Waals surface area contributed by atoms with Crippen molar-refractivity contribution in [3.63, 3.8) is 0 Å². The summed E-state index contributed by atoms with van der Waals surface area (Å²) in [5.41, 5.74) is 7.81. The zero-order valence-corrected chi connectivity index (χ0v) is 8.57. The van der Waals surface area contributed by atoms with E-state index < -0.39 is 0 Å². The number of halogens is 1. The fourth-order valence-corrected chi connectivity index (χ4v) is 1.05. The van der Waals surface area contributed by atoms with Crippen LogP contribution in [0.25, 0.3) is 0 Å². The van der Waals surface area contributed by atoms with Gasteiger partial charge >= 0.3 is 0 Å². The molecule has 0 aliphatic carbocycles. The first kappa shape index (κ1) is 11.0. The van der Waals surface area contributed by atoms with E-state index in [4.69, 9.17) is 22.1 Å². The molecule has 1 rings (SSSR count). The standard InChI is InChI=1S/C10H13ClN2O/c11-5-1-7-14-10-3-2-9(4-6-12)13-8-10/h1-3,5,8H,4,6-7,12H2. The summed E-state index contributed by atoms with van der Waals surface area (Å²) in [7, 11) is 0. The van der Waals surface area contributed by atoms with Crippen molar-refractivity contribution in [3.05, 3.63) is 35.6 Å². The monoisotopic (exact) mass is 212 g/mol. The maximum Gasteiger partial charge on any atom is 0.138 e. The van der Waals surface area contributed by atoms with Crippen molar-refractivity contribution in [1.82, 2.24) is 4.98 Å². The highest BCUT2D eigenvalue weighted by molar-refractivity contribution is 6.25. The molecule has 0 atom stereocenters. The van der Waals surface area contributed by atoms with Crippen LogP contribution in [-0.4, -0.2) is 18.1 Å². The van der Waals surface area contributed by atoms with Crippen LogP contribution >= 0.6 is 11.6 Å². The van der Waals surface area contributed by atoms with Gasteiger partial charge in [0, 0.05) is 17.6 Å². The summed E-state index contributed by atoms with van der Waals surface area (Å²) in [6.07, 6.45) is 4.20. The molecule has 0 fully saturated rings. The lowest BCUT2D eigenvalue weighted by molar-refractivity contribution is 0.361. The highest BCUT2D eigenvalue weighted by Gasteiger charge is 1.94. The Hall–Kier alpha value is -1.06. The van der Waals surface area contributed by atoms with Crippen molar-refractivity contribution in [2.45, 2.75) is 6.42 Å². The van der Waals surface area contributed by atoms with Crippen molar-refractivity contribution in [2.24, 2.45) is 5.73 Å². The Morgan fingerprint density at radius 3 is 2.93 bits per heavy atom. The minimum atomic E-state index is 0.460. The Kier molecular flexibility index (Phi) is 5.04. The molecule has 2 N–H and O–H groups in total. The van der Waals surface area contributed by atoms with E-state index in [0.717, 1.165) is 17.9 Å². The van der Waals surface area contributed by atoms with Gasteiger partial charge in [-0.1, -0.05) is 11.6 Å². The molecule has 14 heavy (non-hydrogen) atoms. The van der Waals surface area contributed by atoms with Gasteiger partial charge < -0.3 is 10.5 Å². The second kappa shape index (κ2) is 6.40. The van der Waals surface area contributed by atoms with Gasteiger partial charge in [0.25, 0.3) is 0 Å². The summed E-state index contributed by atoms with van der Waals surface area (Å²) in [4.78, 5) is 4.19. The minimum Gasteiger partial charge on any atom is -0.488 e. The Labute approximate surface area is 88.5 Å². The Morgan fingerprint density at radius 2 is 2.36 bits per heavy atom. The summed E-state index contributed by atoms with van der Waals surface area (Å²) in [6.45, 7) is 1.07. The highest BCUT2D eigenvalue weighted by Crippen LogP contribution is 2.09. The summed E-state index contributed by atoms with van der Waals surface area (Å²) < 4.78 is 5.31. The first-order valence-corrected chi connectivity index (χ1v) is 4.83. The van der Waals surface area contributed by atoms with E-state index in [9.17, 15) is 0 Å². The van der Waals surface area contributed by atoms with Gasteiger partial charge in [-0.15, -0.1) is 0 Å². The molecule has 1 heterocycles. The molecule has 0 radical (unpaired) electrons. The minimum absolute atomic E-state index is 0.460. The molecule has 0 aliphatic heterocycles. The SMILES string of the molecule is NCCc1ccc(OCC=CCl)cn1. The molecule has 4 heteroatoms. The smallest absolute Gasteiger partial charge is 0.138 e. The number of rotatable bonds is 5. The van der Waals surface area contributed by atoms with E-state index in [-0.39, 0.29) is 0 Å². The fourth-order valence-electron chi connectivity index (χ4n) is 0.973. The molecule has 0 aromatic carbocycles. The molecule has 0 spiro atoms. The van der Waals surface area contributed by atoms with Gasteiger partial charge in [0.15, 0.2) is 0 Å². The van der Waals surface area contributed by atoms with Gasteiger partial charge in [-0.3, -0.25) is 4.98 Å². The number of pyridine rings is 1. The van der Waals surface area contributed by atoms with Crippen LogP contribution < -0.4 is 10.5 Å². The molecule has 0 saturated carbocycles. The Bertz CT molecular complexity index is 285. The van der Waals surface area contributed by atoms with E-state index >= 15 is 0 Å². The van der Waals surface area contributed by atoms with E-state index in [0.29, 0.717) is 13.2 Å². The largest absolute Gasteiger partial charge is 0.488 e. The van der Waals surface area contributed by atoms with E-state index in [2.05, 4.69) is 4.98 Å². The van der Waals surface area contributed by atoms with Crippen molar-refractivity contribution in [2.75, 3.05) is 13.2 Å². The molecular weight excluding hydrogens is 200 g/mol. The molecular formula is C10H13ClN2O. The predicted octanol–water partition coefficient (Wildman–Crippen LogP) is 1.71. The quantitative estimate of drug-likeness (QED) is 0.809. The number of hydrogen-bond donors (Lipinski definition) is 1. The third-order valence-corrected chi connectivity index (χ3v) is 1.81. The third kappa shape index (κ3) is 3.77. The third-order valence-electron chi connectivity index (χ3n) is 1.63. The lowest BCUT2D eigenvalue weighted by atomic mass is 10.3. The van der Waals surface area contributed by atoms with Crippen molar-refractivity contribution < 1.29 is 4.74 Å². The summed E-state index contributed by atoms with van der Waals surface area (Å²) >= 11 is 5.34. The lowest BCUT2D eigenvalue weighted by Crippen LogP contribution is -2.04. The molecule has 1 aromatic heterocycles. The number of nitrogens with two attached hydrogens (primary N) is 1. The van der Waals surface area contributed by atoms with Crippen LogP contribution in [0.3, 0.4) is 0 Å². The van der Waals surface area contributed by atoms with Crippen LogP contribution in [0.4, 0.5) is 0 Å². The highest BCUT2D eigenvalue weighted by atomic mass is 35.5. The van der Waals surface area contributed by atoms with Gasteiger partial charge in [0.1, 0.15) is 12.4 Å². The second-order valence-corrected chi connectivity index (χ2v) is 2.95. The van der Waals surface area contributed by atoms with Crippen LogP contribution in [0.2, 0.25) is 0 Å². The molecule has 3 nitrogen and oxygen atoms in total. The van der Waals surface area contributed by atoms with Crippen molar-refractivity contribution in [1.29, 1.82) is 0 Å². The molecule has 0 bridgehead atoms. The number of nitrogens with zero attached hydrogens (tertiary/aromatic N) is 1. The lowest BCUT2D eigenvalue weighted by Gasteiger charge is -2.03. The van der Waals surface area contributed by atoms with Crippen LogP contribution in [-0.2, 0) is 6.42 Å². The zero-order valence-electron chi connectivity index (χ0n) is 7.82. The van der Waals surface area contributed by atoms with E-state index in [1.54, 1.807) is 12.3 Å².